The van der Waals surface area contributed by atoms with Crippen LogP contribution in [-0.4, -0.2) is 25.5 Å². The van der Waals surface area contributed by atoms with Crippen molar-refractivity contribution in [3.8, 4) is 0 Å². The summed E-state index contributed by atoms with van der Waals surface area (Å²) in [5.41, 5.74) is 6.47. The van der Waals surface area contributed by atoms with Gasteiger partial charge in [-0.2, -0.15) is 0 Å². The number of rotatable bonds is 4. The van der Waals surface area contributed by atoms with Gasteiger partial charge in [0, 0.05) is 12.5 Å². The van der Waals surface area contributed by atoms with Crippen molar-refractivity contribution in [1.29, 1.82) is 0 Å². The summed E-state index contributed by atoms with van der Waals surface area (Å²) in [5, 5.41) is 0.128. The van der Waals surface area contributed by atoms with E-state index in [1.807, 2.05) is 0 Å². The Morgan fingerprint density at radius 2 is 2.12 bits per heavy atom. The van der Waals surface area contributed by atoms with Gasteiger partial charge < -0.3 is 15.2 Å². The molecule has 1 fully saturated rings. The number of hydrogen-bond donors (Lipinski definition) is 1. The molecule has 1 aliphatic heterocycles. The van der Waals surface area contributed by atoms with Crippen molar-refractivity contribution in [2.45, 2.75) is 25.2 Å². The van der Waals surface area contributed by atoms with Gasteiger partial charge in [-0.15, -0.1) is 0 Å². The quantitative estimate of drug-likeness (QED) is 0.901. The van der Waals surface area contributed by atoms with Gasteiger partial charge in [0.15, 0.2) is 6.29 Å². The second kappa shape index (κ2) is 5.78. The van der Waals surface area contributed by atoms with E-state index in [4.69, 9.17) is 26.8 Å². The molecule has 0 aromatic heterocycles. The molecule has 0 spiro atoms. The molecular formula is C12H15ClFNO2. The minimum Gasteiger partial charge on any atom is -0.350 e. The van der Waals surface area contributed by atoms with Crippen LogP contribution in [0.15, 0.2) is 18.2 Å². The third-order valence-corrected chi connectivity index (χ3v) is 2.99. The lowest BCUT2D eigenvalue weighted by Gasteiger charge is -2.16. The summed E-state index contributed by atoms with van der Waals surface area (Å²) in [6, 6.07) is 4.73. The Morgan fingerprint density at radius 1 is 1.41 bits per heavy atom. The Hall–Kier alpha value is -0.680. The largest absolute Gasteiger partial charge is 0.350 e. The maximum Gasteiger partial charge on any atom is 0.159 e. The Kier molecular flexibility index (Phi) is 4.34. The number of halogens is 2. The maximum absolute atomic E-state index is 13.6. The first-order valence-electron chi connectivity index (χ1n) is 5.58. The highest BCUT2D eigenvalue weighted by Crippen LogP contribution is 2.20. The molecule has 1 heterocycles. The highest BCUT2D eigenvalue weighted by molar-refractivity contribution is 6.30. The summed E-state index contributed by atoms with van der Waals surface area (Å²) in [5.74, 6) is -0.391. The predicted octanol–water partition coefficient (Wildman–Crippen LogP) is 2.11. The second-order valence-corrected chi connectivity index (χ2v) is 4.49. The monoisotopic (exact) mass is 259 g/mol. The molecule has 0 bridgehead atoms. The first-order chi connectivity index (χ1) is 8.16. The van der Waals surface area contributed by atoms with Crippen molar-refractivity contribution in [3.05, 3.63) is 34.6 Å². The lowest BCUT2D eigenvalue weighted by Crippen LogP contribution is -2.29. The van der Waals surface area contributed by atoms with Crippen LogP contribution in [-0.2, 0) is 15.9 Å². The topological polar surface area (TPSA) is 44.5 Å². The highest BCUT2D eigenvalue weighted by atomic mass is 35.5. The maximum atomic E-state index is 13.6. The molecule has 3 nitrogen and oxygen atoms in total. The lowest BCUT2D eigenvalue weighted by molar-refractivity contribution is -0.0505. The van der Waals surface area contributed by atoms with Gasteiger partial charge in [0.05, 0.1) is 18.2 Å². The van der Waals surface area contributed by atoms with E-state index in [0.29, 0.717) is 31.6 Å². The molecule has 5 heteroatoms. The summed E-state index contributed by atoms with van der Waals surface area (Å²) in [4.78, 5) is 0. The zero-order valence-corrected chi connectivity index (χ0v) is 10.1. The Balaban J connectivity index is 1.93. The van der Waals surface area contributed by atoms with Gasteiger partial charge in [-0.25, -0.2) is 4.39 Å². The standard InChI is InChI=1S/C12H15ClFNO2/c13-10-3-1-2-8(12(10)14)6-9(15)7-11-16-4-5-17-11/h1-3,9,11H,4-7,15H2. The van der Waals surface area contributed by atoms with Gasteiger partial charge in [-0.3, -0.25) is 0 Å². The number of benzene rings is 1. The number of ether oxygens (including phenoxy) is 2. The molecule has 0 radical (unpaired) electrons. The number of hydrogen-bond acceptors (Lipinski definition) is 3. The highest BCUT2D eigenvalue weighted by Gasteiger charge is 2.20. The molecular weight excluding hydrogens is 245 g/mol. The van der Waals surface area contributed by atoms with Crippen molar-refractivity contribution < 1.29 is 13.9 Å². The zero-order chi connectivity index (χ0) is 12.3. The molecule has 94 valence electrons. The van der Waals surface area contributed by atoms with Crippen LogP contribution in [0.25, 0.3) is 0 Å². The fourth-order valence-electron chi connectivity index (χ4n) is 1.86. The summed E-state index contributed by atoms with van der Waals surface area (Å²) in [6.45, 7) is 1.20. The van der Waals surface area contributed by atoms with Gasteiger partial charge in [0.2, 0.25) is 0 Å². The molecule has 2 rings (SSSR count). The molecule has 0 saturated carbocycles. The van der Waals surface area contributed by atoms with E-state index >= 15 is 0 Å². The van der Waals surface area contributed by atoms with Crippen LogP contribution >= 0.6 is 11.6 Å². The minimum absolute atomic E-state index is 0.128. The Labute approximate surface area is 105 Å². The molecule has 1 unspecified atom stereocenters. The molecule has 0 aliphatic carbocycles. The predicted molar refractivity (Wildman–Crippen MR) is 63.4 cm³/mol. The summed E-state index contributed by atoms with van der Waals surface area (Å²) >= 11 is 5.70. The van der Waals surface area contributed by atoms with Crippen LogP contribution in [0.1, 0.15) is 12.0 Å². The number of nitrogens with two attached hydrogens (primary N) is 1. The van der Waals surface area contributed by atoms with Crippen LogP contribution < -0.4 is 5.73 Å². The van der Waals surface area contributed by atoms with E-state index in [9.17, 15) is 4.39 Å². The van der Waals surface area contributed by atoms with E-state index in [-0.39, 0.29) is 17.4 Å². The van der Waals surface area contributed by atoms with Crippen molar-refractivity contribution in [3.63, 3.8) is 0 Å². The molecule has 1 aromatic carbocycles. The molecule has 1 saturated heterocycles. The average molecular weight is 260 g/mol. The van der Waals surface area contributed by atoms with Crippen LogP contribution in [0.5, 0.6) is 0 Å². The summed E-state index contributed by atoms with van der Waals surface area (Å²) < 4.78 is 24.2. The van der Waals surface area contributed by atoms with Gasteiger partial charge in [0.1, 0.15) is 5.82 Å². The first-order valence-corrected chi connectivity index (χ1v) is 5.96. The second-order valence-electron chi connectivity index (χ2n) is 4.08. The smallest absolute Gasteiger partial charge is 0.159 e. The van der Waals surface area contributed by atoms with Crippen LogP contribution in [0.2, 0.25) is 5.02 Å². The molecule has 17 heavy (non-hydrogen) atoms. The van der Waals surface area contributed by atoms with Gasteiger partial charge in [-0.05, 0) is 18.1 Å². The zero-order valence-electron chi connectivity index (χ0n) is 9.36. The van der Waals surface area contributed by atoms with Crippen LogP contribution in [0.4, 0.5) is 4.39 Å². The summed E-state index contributed by atoms with van der Waals surface area (Å²) in [7, 11) is 0. The molecule has 1 atom stereocenters. The fraction of sp³-hybridized carbons (Fsp3) is 0.500. The third-order valence-electron chi connectivity index (χ3n) is 2.70. The summed E-state index contributed by atoms with van der Waals surface area (Å²) in [6.07, 6.45) is 0.730. The molecule has 2 N–H and O–H groups in total. The van der Waals surface area contributed by atoms with E-state index in [1.165, 1.54) is 6.07 Å². The van der Waals surface area contributed by atoms with E-state index in [0.717, 1.165) is 0 Å². The van der Waals surface area contributed by atoms with Crippen molar-refractivity contribution in [2.75, 3.05) is 13.2 Å². The van der Waals surface area contributed by atoms with E-state index < -0.39 is 5.82 Å². The third kappa shape index (κ3) is 3.39. The van der Waals surface area contributed by atoms with Gasteiger partial charge >= 0.3 is 0 Å². The van der Waals surface area contributed by atoms with Crippen molar-refractivity contribution >= 4 is 11.6 Å². The van der Waals surface area contributed by atoms with Crippen molar-refractivity contribution in [1.82, 2.24) is 0 Å². The lowest BCUT2D eigenvalue weighted by atomic mass is 10.0. The molecule has 1 aliphatic rings. The van der Waals surface area contributed by atoms with Crippen LogP contribution in [0.3, 0.4) is 0 Å². The normalized spacial score (nSPS) is 18.5. The Morgan fingerprint density at radius 3 is 2.82 bits per heavy atom. The van der Waals surface area contributed by atoms with Gasteiger partial charge in [0.25, 0.3) is 0 Å². The minimum atomic E-state index is -0.391. The van der Waals surface area contributed by atoms with E-state index in [1.54, 1.807) is 12.1 Å². The fourth-order valence-corrected chi connectivity index (χ4v) is 2.06. The molecule has 1 aromatic rings. The SMILES string of the molecule is NC(Cc1cccc(Cl)c1F)CC1OCCO1. The molecule has 0 amide bonds. The van der Waals surface area contributed by atoms with Crippen molar-refractivity contribution in [2.24, 2.45) is 5.73 Å². The van der Waals surface area contributed by atoms with Crippen LogP contribution in [0, 0.1) is 5.82 Å². The average Bonchev–Trinajstić information content (AvgIpc) is 2.77. The first kappa shape index (κ1) is 12.8. The Bertz CT molecular complexity index is 383. The van der Waals surface area contributed by atoms with Gasteiger partial charge in [-0.1, -0.05) is 23.7 Å². The van der Waals surface area contributed by atoms with E-state index in [2.05, 4.69) is 0 Å².